The zero-order valence-electron chi connectivity index (χ0n) is 11.7. The summed E-state index contributed by atoms with van der Waals surface area (Å²) in [6, 6.07) is 4.79. The lowest BCUT2D eigenvalue weighted by atomic mass is 10.3. The van der Waals surface area contributed by atoms with E-state index in [9.17, 15) is 13.2 Å². The third kappa shape index (κ3) is 3.82. The number of nitrogens with two attached hydrogens (primary N) is 1. The minimum Gasteiger partial charge on any atom is -0.492 e. The van der Waals surface area contributed by atoms with Gasteiger partial charge in [0.25, 0.3) is 10.0 Å². The molecule has 0 fully saturated rings. The van der Waals surface area contributed by atoms with Crippen molar-refractivity contribution in [1.82, 2.24) is 9.62 Å². The molecule has 0 aliphatic carbocycles. The van der Waals surface area contributed by atoms with Crippen LogP contribution in [0, 0.1) is 0 Å². The zero-order chi connectivity index (χ0) is 16.0. The van der Waals surface area contributed by atoms with Gasteiger partial charge in [-0.05, 0) is 30.8 Å². The molecular weight excluding hydrogens is 314 g/mol. The molecule has 0 saturated heterocycles. The summed E-state index contributed by atoms with van der Waals surface area (Å²) in [5.41, 5.74) is 5.13. The number of hydrogen-bond acceptors (Lipinski definition) is 5. The number of amides is 2. The van der Waals surface area contributed by atoms with Gasteiger partial charge in [-0.3, -0.25) is 0 Å². The summed E-state index contributed by atoms with van der Waals surface area (Å²) >= 11 is 4.83. The van der Waals surface area contributed by atoms with Crippen LogP contribution in [0.4, 0.5) is 4.79 Å². The molecule has 0 atom stereocenters. The summed E-state index contributed by atoms with van der Waals surface area (Å²) in [5, 5.41) is 2.11. The lowest BCUT2D eigenvalue weighted by molar-refractivity contribution is 0.242. The van der Waals surface area contributed by atoms with Crippen LogP contribution in [-0.4, -0.2) is 37.5 Å². The number of nitrogens with zero attached hydrogens (tertiary/aromatic N) is 1. The number of thiocarbonyl (C=S) groups is 1. The molecule has 7 nitrogen and oxygen atoms in total. The minimum atomic E-state index is -4.24. The van der Waals surface area contributed by atoms with Gasteiger partial charge in [-0.1, -0.05) is 19.1 Å². The fourth-order valence-electron chi connectivity index (χ4n) is 1.52. The van der Waals surface area contributed by atoms with Crippen LogP contribution >= 0.6 is 12.2 Å². The van der Waals surface area contributed by atoms with Crippen molar-refractivity contribution in [3.05, 3.63) is 24.3 Å². The first kappa shape index (κ1) is 17.2. The standard InChI is InChI=1S/C12H17N3O4S2/c1-3-8-19-9-6-4-5-7-10(9)21(17,18)15(11(13)16)12(20)14-2/h4-7H,3,8H2,1-2H3,(H2,13,16)(H,14,20). The van der Waals surface area contributed by atoms with E-state index in [1.54, 1.807) is 6.07 Å². The van der Waals surface area contributed by atoms with Gasteiger partial charge in [-0.2, -0.15) is 4.31 Å². The molecule has 0 aliphatic heterocycles. The van der Waals surface area contributed by atoms with E-state index in [2.05, 4.69) is 5.32 Å². The number of urea groups is 1. The average Bonchev–Trinajstić information content (AvgIpc) is 2.44. The first-order valence-corrected chi connectivity index (χ1v) is 7.99. The molecule has 0 radical (unpaired) electrons. The number of para-hydroxylation sites is 1. The zero-order valence-corrected chi connectivity index (χ0v) is 13.3. The quantitative estimate of drug-likeness (QED) is 0.782. The van der Waals surface area contributed by atoms with E-state index in [1.807, 2.05) is 6.92 Å². The Kier molecular flexibility index (Phi) is 5.91. The van der Waals surface area contributed by atoms with Crippen molar-refractivity contribution in [1.29, 1.82) is 0 Å². The largest absolute Gasteiger partial charge is 0.492 e. The fourth-order valence-corrected chi connectivity index (χ4v) is 3.28. The van der Waals surface area contributed by atoms with E-state index in [-0.39, 0.29) is 15.8 Å². The number of benzene rings is 1. The first-order valence-electron chi connectivity index (χ1n) is 6.14. The molecule has 0 heterocycles. The van der Waals surface area contributed by atoms with Crippen LogP contribution in [0.5, 0.6) is 5.75 Å². The van der Waals surface area contributed by atoms with E-state index in [0.29, 0.717) is 17.3 Å². The number of carbonyl (C=O) groups is 1. The van der Waals surface area contributed by atoms with Crippen molar-refractivity contribution in [2.45, 2.75) is 18.2 Å². The van der Waals surface area contributed by atoms with Crippen LogP contribution in [0.15, 0.2) is 29.2 Å². The molecule has 1 rings (SSSR count). The number of sulfonamides is 1. The Morgan fingerprint density at radius 1 is 1.43 bits per heavy atom. The van der Waals surface area contributed by atoms with Gasteiger partial charge in [0.2, 0.25) is 0 Å². The fraction of sp³-hybridized carbons (Fsp3) is 0.333. The Hall–Kier alpha value is -1.87. The predicted octanol–water partition coefficient (Wildman–Crippen LogP) is 1.05. The van der Waals surface area contributed by atoms with Crippen LogP contribution < -0.4 is 15.8 Å². The summed E-state index contributed by atoms with van der Waals surface area (Å²) in [6.07, 6.45) is 0.711. The van der Waals surface area contributed by atoms with Gasteiger partial charge in [-0.15, -0.1) is 0 Å². The van der Waals surface area contributed by atoms with Crippen molar-refractivity contribution in [2.24, 2.45) is 5.73 Å². The minimum absolute atomic E-state index is 0.143. The molecule has 0 spiro atoms. The third-order valence-electron chi connectivity index (χ3n) is 2.43. The van der Waals surface area contributed by atoms with Gasteiger partial charge in [0.15, 0.2) is 5.11 Å². The molecule has 1 aromatic carbocycles. The molecule has 21 heavy (non-hydrogen) atoms. The molecule has 9 heteroatoms. The third-order valence-corrected chi connectivity index (χ3v) is 4.67. The average molecular weight is 331 g/mol. The Morgan fingerprint density at radius 3 is 2.57 bits per heavy atom. The molecule has 0 saturated carbocycles. The highest BCUT2D eigenvalue weighted by molar-refractivity contribution is 7.92. The van der Waals surface area contributed by atoms with Gasteiger partial charge < -0.3 is 15.8 Å². The summed E-state index contributed by atoms with van der Waals surface area (Å²) < 4.78 is 30.9. The highest BCUT2D eigenvalue weighted by Gasteiger charge is 2.33. The molecule has 1 aromatic rings. The predicted molar refractivity (Wildman–Crippen MR) is 82.5 cm³/mol. The maximum Gasteiger partial charge on any atom is 0.335 e. The molecule has 0 aromatic heterocycles. The number of rotatable bonds is 5. The second kappa shape index (κ2) is 7.23. The highest BCUT2D eigenvalue weighted by atomic mass is 32.2. The maximum absolute atomic E-state index is 12.6. The number of ether oxygens (including phenoxy) is 1. The number of hydrogen-bond donors (Lipinski definition) is 2. The van der Waals surface area contributed by atoms with Crippen LogP contribution in [0.3, 0.4) is 0 Å². The van der Waals surface area contributed by atoms with Crippen molar-refractivity contribution < 1.29 is 17.9 Å². The second-order valence-electron chi connectivity index (χ2n) is 3.96. The molecular formula is C12H17N3O4S2. The monoisotopic (exact) mass is 331 g/mol. The Labute approximate surface area is 129 Å². The molecule has 0 unspecified atom stereocenters. The van der Waals surface area contributed by atoms with E-state index in [0.717, 1.165) is 0 Å². The van der Waals surface area contributed by atoms with Gasteiger partial charge in [-0.25, -0.2) is 13.2 Å². The van der Waals surface area contributed by atoms with Crippen molar-refractivity contribution in [2.75, 3.05) is 13.7 Å². The number of nitrogens with one attached hydrogen (secondary N) is 1. The van der Waals surface area contributed by atoms with Gasteiger partial charge in [0.05, 0.1) is 6.61 Å². The Morgan fingerprint density at radius 2 is 2.05 bits per heavy atom. The Bertz CT molecular complexity index is 631. The normalized spacial score (nSPS) is 10.8. The van der Waals surface area contributed by atoms with E-state index in [4.69, 9.17) is 22.7 Å². The molecule has 0 aliphatic rings. The lowest BCUT2D eigenvalue weighted by Gasteiger charge is -2.21. The summed E-state index contributed by atoms with van der Waals surface area (Å²) in [7, 11) is -2.85. The Balaban J connectivity index is 3.35. The molecule has 116 valence electrons. The van der Waals surface area contributed by atoms with E-state index in [1.165, 1.54) is 25.2 Å². The van der Waals surface area contributed by atoms with Crippen LogP contribution in [0.1, 0.15) is 13.3 Å². The smallest absolute Gasteiger partial charge is 0.335 e. The van der Waals surface area contributed by atoms with E-state index >= 15 is 0 Å². The van der Waals surface area contributed by atoms with E-state index < -0.39 is 16.1 Å². The molecule has 0 bridgehead atoms. The van der Waals surface area contributed by atoms with Gasteiger partial charge >= 0.3 is 6.03 Å². The number of carbonyl (C=O) groups excluding carboxylic acids is 1. The van der Waals surface area contributed by atoms with Crippen molar-refractivity contribution in [3.8, 4) is 5.75 Å². The lowest BCUT2D eigenvalue weighted by Crippen LogP contribution is -2.48. The summed E-state index contributed by atoms with van der Waals surface area (Å²) in [5.74, 6) is 0.143. The molecule has 2 amide bonds. The summed E-state index contributed by atoms with van der Waals surface area (Å²) in [4.78, 5) is 11.3. The number of primary amides is 1. The molecule has 3 N–H and O–H groups in total. The van der Waals surface area contributed by atoms with Crippen molar-refractivity contribution in [3.63, 3.8) is 0 Å². The SMILES string of the molecule is CCCOc1ccccc1S(=O)(=O)N(C(N)=O)C(=S)NC. The van der Waals surface area contributed by atoms with Gasteiger partial charge in [0.1, 0.15) is 10.6 Å². The summed E-state index contributed by atoms with van der Waals surface area (Å²) in [6.45, 7) is 2.24. The van der Waals surface area contributed by atoms with Crippen LogP contribution in [-0.2, 0) is 10.0 Å². The first-order chi connectivity index (χ1) is 9.86. The maximum atomic E-state index is 12.6. The van der Waals surface area contributed by atoms with Gasteiger partial charge in [0, 0.05) is 7.05 Å². The topological polar surface area (TPSA) is 102 Å². The van der Waals surface area contributed by atoms with Crippen molar-refractivity contribution >= 4 is 33.4 Å². The van der Waals surface area contributed by atoms with Crippen LogP contribution in [0.2, 0.25) is 0 Å². The van der Waals surface area contributed by atoms with Crippen LogP contribution in [0.25, 0.3) is 0 Å². The highest BCUT2D eigenvalue weighted by Crippen LogP contribution is 2.26. The second-order valence-corrected chi connectivity index (χ2v) is 6.10.